The Labute approximate surface area is 134 Å². The highest BCUT2D eigenvalue weighted by Gasteiger charge is 2.37. The zero-order valence-electron chi connectivity index (χ0n) is 12.7. The molecule has 22 heavy (non-hydrogen) atoms. The number of hydrogen-bond donors (Lipinski definition) is 0. The minimum absolute atomic E-state index is 0.0727. The predicted octanol–water partition coefficient (Wildman–Crippen LogP) is 1.81. The van der Waals surface area contributed by atoms with Crippen LogP contribution in [-0.4, -0.2) is 44.9 Å². The number of thiophene rings is 1. The first-order valence-corrected chi connectivity index (χ1v) is 8.64. The van der Waals surface area contributed by atoms with Crippen LogP contribution in [0, 0.1) is 0 Å². The topological polar surface area (TPSA) is 41.4 Å². The van der Waals surface area contributed by atoms with Crippen LogP contribution in [0.4, 0.5) is 0 Å². The summed E-state index contributed by atoms with van der Waals surface area (Å²) in [6.07, 6.45) is 2.98. The maximum Gasteiger partial charge on any atom is 0.233 e. The molecule has 0 aromatic carbocycles. The zero-order chi connectivity index (χ0) is 15.1. The van der Waals surface area contributed by atoms with Gasteiger partial charge < -0.3 is 9.47 Å². The van der Waals surface area contributed by atoms with Crippen LogP contribution >= 0.6 is 11.3 Å². The number of fused-ring (bicyclic) bond motifs is 1. The molecule has 0 unspecified atom stereocenters. The average Bonchev–Trinajstić information content (AvgIpc) is 3.07. The highest BCUT2D eigenvalue weighted by atomic mass is 32.1. The van der Waals surface area contributed by atoms with E-state index in [1.54, 1.807) is 11.3 Å². The standard InChI is InChI=1S/C16H20N4OS/c1-18-11-17-14-10-19(8-12-4-2-7-22-12)9-13(15(14)18)16(21)20-5-3-6-20/h2,4,7,11,13H,3,5-6,8-10H2,1H3/t13-/m0/s1. The van der Waals surface area contributed by atoms with E-state index in [1.807, 2.05) is 22.8 Å². The summed E-state index contributed by atoms with van der Waals surface area (Å²) < 4.78 is 2.03. The van der Waals surface area contributed by atoms with Crippen molar-refractivity contribution in [3.63, 3.8) is 0 Å². The van der Waals surface area contributed by atoms with Gasteiger partial charge >= 0.3 is 0 Å². The number of imidazole rings is 1. The van der Waals surface area contributed by atoms with Gasteiger partial charge in [-0.15, -0.1) is 11.3 Å². The van der Waals surface area contributed by atoms with E-state index in [2.05, 4.69) is 27.4 Å². The Morgan fingerprint density at radius 3 is 3.00 bits per heavy atom. The van der Waals surface area contributed by atoms with Crippen molar-refractivity contribution in [1.82, 2.24) is 19.4 Å². The number of aromatic nitrogens is 2. The van der Waals surface area contributed by atoms with Gasteiger partial charge in [-0.05, 0) is 17.9 Å². The smallest absolute Gasteiger partial charge is 0.233 e. The molecule has 5 nitrogen and oxygen atoms in total. The van der Waals surface area contributed by atoms with Gasteiger partial charge in [-0.3, -0.25) is 9.69 Å². The minimum Gasteiger partial charge on any atom is -0.342 e. The first-order chi connectivity index (χ1) is 10.7. The summed E-state index contributed by atoms with van der Waals surface area (Å²) >= 11 is 1.77. The number of carbonyl (C=O) groups is 1. The Morgan fingerprint density at radius 2 is 2.32 bits per heavy atom. The molecular weight excluding hydrogens is 296 g/mol. The molecule has 2 aromatic rings. The molecule has 0 spiro atoms. The lowest BCUT2D eigenvalue weighted by atomic mass is 9.95. The van der Waals surface area contributed by atoms with Crippen LogP contribution in [-0.2, 0) is 24.9 Å². The summed E-state index contributed by atoms with van der Waals surface area (Å²) in [4.78, 5) is 23.0. The summed E-state index contributed by atoms with van der Waals surface area (Å²) in [7, 11) is 2.00. The Balaban J connectivity index is 1.60. The molecule has 0 bridgehead atoms. The van der Waals surface area contributed by atoms with Crippen molar-refractivity contribution < 1.29 is 4.79 Å². The summed E-state index contributed by atoms with van der Waals surface area (Å²) in [6, 6.07) is 4.24. The molecule has 2 aromatic heterocycles. The highest BCUT2D eigenvalue weighted by molar-refractivity contribution is 7.09. The van der Waals surface area contributed by atoms with E-state index in [9.17, 15) is 4.79 Å². The van der Waals surface area contributed by atoms with Gasteiger partial charge in [-0.1, -0.05) is 6.07 Å². The van der Waals surface area contributed by atoms with Crippen molar-refractivity contribution in [3.8, 4) is 0 Å². The first-order valence-electron chi connectivity index (χ1n) is 7.76. The Hall–Kier alpha value is -1.66. The lowest BCUT2D eigenvalue weighted by Crippen LogP contribution is -2.48. The van der Waals surface area contributed by atoms with Crippen molar-refractivity contribution >= 4 is 17.2 Å². The van der Waals surface area contributed by atoms with Crippen molar-refractivity contribution in [3.05, 3.63) is 40.1 Å². The molecule has 1 atom stereocenters. The van der Waals surface area contributed by atoms with Crippen LogP contribution in [0.15, 0.2) is 23.8 Å². The third-order valence-electron chi connectivity index (χ3n) is 4.63. The fourth-order valence-corrected chi connectivity index (χ4v) is 4.12. The third-order valence-corrected chi connectivity index (χ3v) is 5.49. The lowest BCUT2D eigenvalue weighted by Gasteiger charge is -2.38. The van der Waals surface area contributed by atoms with E-state index in [0.717, 1.165) is 50.5 Å². The molecule has 1 saturated heterocycles. The molecule has 4 heterocycles. The van der Waals surface area contributed by atoms with Crippen molar-refractivity contribution in [1.29, 1.82) is 0 Å². The summed E-state index contributed by atoms with van der Waals surface area (Å²) in [5.41, 5.74) is 2.17. The van der Waals surface area contributed by atoms with Crippen LogP contribution in [0.1, 0.15) is 28.6 Å². The van der Waals surface area contributed by atoms with Gasteiger partial charge in [-0.2, -0.15) is 0 Å². The van der Waals surface area contributed by atoms with Gasteiger partial charge in [0, 0.05) is 44.6 Å². The highest BCUT2D eigenvalue weighted by Crippen LogP contribution is 2.31. The van der Waals surface area contributed by atoms with E-state index in [0.29, 0.717) is 0 Å². The number of amides is 1. The maximum atomic E-state index is 12.8. The number of hydrogen-bond acceptors (Lipinski definition) is 4. The minimum atomic E-state index is -0.0727. The fourth-order valence-electron chi connectivity index (χ4n) is 3.37. The van der Waals surface area contributed by atoms with Gasteiger partial charge in [-0.25, -0.2) is 4.98 Å². The second kappa shape index (κ2) is 5.52. The van der Waals surface area contributed by atoms with Crippen LogP contribution in [0.25, 0.3) is 0 Å². The maximum absolute atomic E-state index is 12.8. The van der Waals surface area contributed by atoms with E-state index < -0.39 is 0 Å². The predicted molar refractivity (Wildman–Crippen MR) is 85.6 cm³/mol. The van der Waals surface area contributed by atoms with Crippen LogP contribution in [0.5, 0.6) is 0 Å². The molecule has 4 rings (SSSR count). The first kappa shape index (κ1) is 14.0. The van der Waals surface area contributed by atoms with Crippen LogP contribution in [0.2, 0.25) is 0 Å². The molecule has 0 saturated carbocycles. The number of rotatable bonds is 3. The number of aryl methyl sites for hydroxylation is 1. The molecule has 2 aliphatic rings. The van der Waals surface area contributed by atoms with E-state index in [4.69, 9.17) is 0 Å². The molecule has 6 heteroatoms. The summed E-state index contributed by atoms with van der Waals surface area (Å²) in [5.74, 6) is 0.198. The number of likely N-dealkylation sites (tertiary alicyclic amines) is 1. The van der Waals surface area contributed by atoms with Gasteiger partial charge in [0.25, 0.3) is 0 Å². The molecule has 1 fully saturated rings. The van der Waals surface area contributed by atoms with Crippen molar-refractivity contribution in [2.24, 2.45) is 7.05 Å². The molecule has 2 aliphatic heterocycles. The molecule has 0 aliphatic carbocycles. The second-order valence-corrected chi connectivity index (χ2v) is 7.20. The number of carbonyl (C=O) groups excluding carboxylic acids is 1. The second-order valence-electron chi connectivity index (χ2n) is 6.17. The molecule has 1 amide bonds. The van der Waals surface area contributed by atoms with Gasteiger partial charge in [0.05, 0.1) is 23.6 Å². The molecule has 116 valence electrons. The quantitative estimate of drug-likeness (QED) is 0.867. The third kappa shape index (κ3) is 2.36. The Morgan fingerprint density at radius 1 is 1.45 bits per heavy atom. The SMILES string of the molecule is Cn1cnc2c1[C@@H](C(=O)N1CCC1)CN(Cc1cccs1)C2. The van der Waals surface area contributed by atoms with E-state index in [1.165, 1.54) is 4.88 Å². The average molecular weight is 316 g/mol. The normalized spacial score (nSPS) is 21.5. The Kier molecular flexibility index (Phi) is 3.50. The van der Waals surface area contributed by atoms with E-state index in [-0.39, 0.29) is 11.8 Å². The number of nitrogens with zero attached hydrogens (tertiary/aromatic N) is 4. The summed E-state index contributed by atoms with van der Waals surface area (Å²) in [6.45, 7) is 4.34. The van der Waals surface area contributed by atoms with Crippen LogP contribution < -0.4 is 0 Å². The largest absolute Gasteiger partial charge is 0.342 e. The van der Waals surface area contributed by atoms with Crippen LogP contribution in [0.3, 0.4) is 0 Å². The van der Waals surface area contributed by atoms with Gasteiger partial charge in [0.1, 0.15) is 0 Å². The molecular formula is C16H20N4OS. The molecule has 0 radical (unpaired) electrons. The van der Waals surface area contributed by atoms with Gasteiger partial charge in [0.2, 0.25) is 5.91 Å². The van der Waals surface area contributed by atoms with E-state index >= 15 is 0 Å². The molecule has 0 N–H and O–H groups in total. The summed E-state index contributed by atoms with van der Waals surface area (Å²) in [5, 5.41) is 2.11. The lowest BCUT2D eigenvalue weighted by molar-refractivity contribution is -0.137. The van der Waals surface area contributed by atoms with Gasteiger partial charge in [0.15, 0.2) is 0 Å². The van der Waals surface area contributed by atoms with Crippen molar-refractivity contribution in [2.75, 3.05) is 19.6 Å². The Bertz CT molecular complexity index is 674. The fraction of sp³-hybridized carbons (Fsp3) is 0.500. The zero-order valence-corrected chi connectivity index (χ0v) is 13.6. The monoisotopic (exact) mass is 316 g/mol. The van der Waals surface area contributed by atoms with Crippen molar-refractivity contribution in [2.45, 2.75) is 25.4 Å².